The molecular formula is C13H20N2O3S. The van der Waals surface area contributed by atoms with Crippen molar-refractivity contribution in [3.05, 3.63) is 11.7 Å². The highest BCUT2D eigenvalue weighted by atomic mass is 32.2. The summed E-state index contributed by atoms with van der Waals surface area (Å²) in [7, 11) is -2.90. The van der Waals surface area contributed by atoms with Crippen LogP contribution in [0.3, 0.4) is 0 Å². The van der Waals surface area contributed by atoms with Gasteiger partial charge in [0.25, 0.3) is 0 Å². The number of nitrogens with zero attached hydrogens (tertiary/aromatic N) is 2. The van der Waals surface area contributed by atoms with E-state index in [0.29, 0.717) is 24.1 Å². The normalized spacial score (nSPS) is 34.5. The van der Waals surface area contributed by atoms with Gasteiger partial charge in [-0.3, -0.25) is 0 Å². The van der Waals surface area contributed by atoms with Gasteiger partial charge in [-0.1, -0.05) is 31.3 Å². The van der Waals surface area contributed by atoms with Crippen LogP contribution in [0.1, 0.15) is 62.6 Å². The third-order valence-electron chi connectivity index (χ3n) is 4.48. The van der Waals surface area contributed by atoms with Gasteiger partial charge in [-0.2, -0.15) is 4.98 Å². The zero-order chi connectivity index (χ0) is 13.5. The van der Waals surface area contributed by atoms with E-state index in [1.54, 1.807) is 0 Å². The summed E-state index contributed by atoms with van der Waals surface area (Å²) in [5, 5.41) is 4.10. The summed E-state index contributed by atoms with van der Waals surface area (Å²) < 4.78 is 28.3. The largest absolute Gasteiger partial charge is 0.339 e. The molecule has 0 N–H and O–H groups in total. The Labute approximate surface area is 113 Å². The van der Waals surface area contributed by atoms with Crippen molar-refractivity contribution in [3.63, 3.8) is 0 Å². The van der Waals surface area contributed by atoms with Gasteiger partial charge in [0.05, 0.1) is 17.4 Å². The lowest BCUT2D eigenvalue weighted by Crippen LogP contribution is -2.16. The van der Waals surface area contributed by atoms with E-state index in [1.807, 2.05) is 0 Å². The third-order valence-corrected chi connectivity index (χ3v) is 6.25. The highest BCUT2D eigenvalue weighted by Crippen LogP contribution is 2.37. The Hall–Kier alpha value is -0.910. The van der Waals surface area contributed by atoms with Crippen molar-refractivity contribution in [2.45, 2.75) is 50.9 Å². The number of rotatable bonds is 2. The van der Waals surface area contributed by atoms with Crippen LogP contribution in [0.4, 0.5) is 0 Å². The van der Waals surface area contributed by atoms with Crippen molar-refractivity contribution in [2.75, 3.05) is 11.5 Å². The molecule has 0 bridgehead atoms. The summed E-state index contributed by atoms with van der Waals surface area (Å²) >= 11 is 0. The van der Waals surface area contributed by atoms with Gasteiger partial charge in [0, 0.05) is 5.92 Å². The molecule has 6 heteroatoms. The van der Waals surface area contributed by atoms with Crippen LogP contribution >= 0.6 is 0 Å². The fourth-order valence-electron chi connectivity index (χ4n) is 3.25. The van der Waals surface area contributed by atoms with Crippen LogP contribution in [-0.4, -0.2) is 30.1 Å². The minimum Gasteiger partial charge on any atom is -0.339 e. The monoisotopic (exact) mass is 284 g/mol. The minimum atomic E-state index is -2.90. The molecular weight excluding hydrogens is 264 g/mol. The second-order valence-electron chi connectivity index (χ2n) is 5.96. The van der Waals surface area contributed by atoms with Gasteiger partial charge in [0.1, 0.15) is 0 Å². The molecule has 3 atom stereocenters. The molecule has 5 nitrogen and oxygen atoms in total. The molecule has 106 valence electrons. The van der Waals surface area contributed by atoms with E-state index in [9.17, 15) is 8.42 Å². The lowest BCUT2D eigenvalue weighted by molar-refractivity contribution is 0.303. The van der Waals surface area contributed by atoms with Crippen LogP contribution in [0.2, 0.25) is 0 Å². The molecule has 1 aromatic heterocycles. The van der Waals surface area contributed by atoms with E-state index in [4.69, 9.17) is 4.52 Å². The standard InChI is InChI=1S/C13H20N2O3S/c1-9-4-2-3-5-11(9)12-14-13(18-15-12)10-6-7-19(16,17)8-10/h9-11H,2-8H2,1H3. The number of hydrogen-bond acceptors (Lipinski definition) is 5. The van der Waals surface area contributed by atoms with Gasteiger partial charge in [0.15, 0.2) is 15.7 Å². The first-order chi connectivity index (χ1) is 9.05. The first-order valence-corrected chi connectivity index (χ1v) is 8.91. The topological polar surface area (TPSA) is 73.1 Å². The molecule has 2 aliphatic rings. The summed E-state index contributed by atoms with van der Waals surface area (Å²) in [6.45, 7) is 2.24. The van der Waals surface area contributed by atoms with Crippen molar-refractivity contribution in [1.29, 1.82) is 0 Å². The molecule has 0 aromatic carbocycles. The summed E-state index contributed by atoms with van der Waals surface area (Å²) in [6.07, 6.45) is 5.44. The molecule has 1 aliphatic heterocycles. The molecule has 1 aromatic rings. The zero-order valence-corrected chi connectivity index (χ0v) is 12.0. The Bertz CT molecular complexity index is 552. The van der Waals surface area contributed by atoms with Gasteiger partial charge < -0.3 is 4.52 Å². The maximum absolute atomic E-state index is 11.5. The molecule has 3 unspecified atom stereocenters. The van der Waals surface area contributed by atoms with E-state index >= 15 is 0 Å². The zero-order valence-electron chi connectivity index (χ0n) is 11.2. The van der Waals surface area contributed by atoms with Crippen LogP contribution in [0.25, 0.3) is 0 Å². The van der Waals surface area contributed by atoms with Crippen molar-refractivity contribution in [2.24, 2.45) is 5.92 Å². The predicted octanol–water partition coefficient (Wildman–Crippen LogP) is 2.27. The molecule has 1 saturated carbocycles. The first-order valence-electron chi connectivity index (χ1n) is 7.09. The second kappa shape index (κ2) is 4.89. The van der Waals surface area contributed by atoms with E-state index in [1.165, 1.54) is 19.3 Å². The number of aromatic nitrogens is 2. The Kier molecular flexibility index (Phi) is 3.37. The van der Waals surface area contributed by atoms with E-state index < -0.39 is 9.84 Å². The van der Waals surface area contributed by atoms with Gasteiger partial charge in [-0.25, -0.2) is 8.42 Å². The Morgan fingerprint density at radius 3 is 2.68 bits per heavy atom. The highest BCUT2D eigenvalue weighted by molar-refractivity contribution is 7.91. The smallest absolute Gasteiger partial charge is 0.230 e. The van der Waals surface area contributed by atoms with Crippen LogP contribution < -0.4 is 0 Å². The van der Waals surface area contributed by atoms with Crippen LogP contribution in [0, 0.1) is 5.92 Å². The lowest BCUT2D eigenvalue weighted by atomic mass is 9.80. The van der Waals surface area contributed by atoms with Crippen molar-refractivity contribution in [1.82, 2.24) is 10.1 Å². The molecule has 3 rings (SSSR count). The fourth-order valence-corrected chi connectivity index (χ4v) is 4.99. The lowest BCUT2D eigenvalue weighted by Gasteiger charge is -2.25. The van der Waals surface area contributed by atoms with Crippen LogP contribution in [-0.2, 0) is 9.84 Å². The molecule has 0 radical (unpaired) electrons. The predicted molar refractivity (Wildman–Crippen MR) is 70.7 cm³/mol. The third kappa shape index (κ3) is 2.68. The second-order valence-corrected chi connectivity index (χ2v) is 8.19. The van der Waals surface area contributed by atoms with Gasteiger partial charge in [-0.05, 0) is 18.8 Å². The number of sulfone groups is 1. The molecule has 1 saturated heterocycles. The molecule has 2 fully saturated rings. The van der Waals surface area contributed by atoms with Crippen molar-refractivity contribution in [3.8, 4) is 0 Å². The molecule has 0 amide bonds. The van der Waals surface area contributed by atoms with E-state index in [-0.39, 0.29) is 17.4 Å². The fraction of sp³-hybridized carbons (Fsp3) is 0.846. The Morgan fingerprint density at radius 2 is 2.00 bits per heavy atom. The summed E-state index contributed by atoms with van der Waals surface area (Å²) in [6, 6.07) is 0. The van der Waals surface area contributed by atoms with Gasteiger partial charge in [-0.15, -0.1) is 0 Å². The van der Waals surface area contributed by atoms with Crippen LogP contribution in [0.5, 0.6) is 0 Å². The summed E-state index contributed by atoms with van der Waals surface area (Å²) in [5.74, 6) is 2.59. The first kappa shape index (κ1) is 13.1. The quantitative estimate of drug-likeness (QED) is 0.833. The maximum Gasteiger partial charge on any atom is 0.230 e. The Balaban J connectivity index is 1.76. The van der Waals surface area contributed by atoms with Crippen molar-refractivity contribution >= 4 is 9.84 Å². The average Bonchev–Trinajstić information content (AvgIpc) is 2.96. The van der Waals surface area contributed by atoms with Crippen LogP contribution in [0.15, 0.2) is 4.52 Å². The minimum absolute atomic E-state index is 0.0925. The summed E-state index contributed by atoms with van der Waals surface area (Å²) in [5.41, 5.74) is 0. The van der Waals surface area contributed by atoms with E-state index in [0.717, 1.165) is 12.2 Å². The van der Waals surface area contributed by atoms with Crippen molar-refractivity contribution < 1.29 is 12.9 Å². The Morgan fingerprint density at radius 1 is 1.21 bits per heavy atom. The highest BCUT2D eigenvalue weighted by Gasteiger charge is 2.34. The SMILES string of the molecule is CC1CCCCC1c1noc(C2CCS(=O)(=O)C2)n1. The van der Waals surface area contributed by atoms with Gasteiger partial charge >= 0.3 is 0 Å². The number of hydrogen-bond donors (Lipinski definition) is 0. The molecule has 1 aliphatic carbocycles. The average molecular weight is 284 g/mol. The van der Waals surface area contributed by atoms with E-state index in [2.05, 4.69) is 17.1 Å². The van der Waals surface area contributed by atoms with Gasteiger partial charge in [0.2, 0.25) is 5.89 Å². The maximum atomic E-state index is 11.5. The molecule has 19 heavy (non-hydrogen) atoms. The summed E-state index contributed by atoms with van der Waals surface area (Å²) in [4.78, 5) is 4.49. The molecule has 0 spiro atoms. The molecule has 2 heterocycles.